The highest BCUT2D eigenvalue weighted by Gasteiger charge is 2.14. The molecule has 0 saturated heterocycles. The Balaban J connectivity index is 2.34. The first-order valence-corrected chi connectivity index (χ1v) is 6.42. The van der Waals surface area contributed by atoms with E-state index in [4.69, 9.17) is 10.5 Å². The SMILES string of the molecule is COCC(C)Nc1ncnc(-n2nc(C)cc2C)c1N. The van der Waals surface area contributed by atoms with Gasteiger partial charge in [0.15, 0.2) is 11.6 Å². The van der Waals surface area contributed by atoms with Gasteiger partial charge < -0.3 is 15.8 Å². The summed E-state index contributed by atoms with van der Waals surface area (Å²) in [5, 5.41) is 7.60. The second-order valence-electron chi connectivity index (χ2n) is 4.80. The zero-order chi connectivity index (χ0) is 14.7. The highest BCUT2D eigenvalue weighted by molar-refractivity contribution is 5.69. The number of hydrogen-bond donors (Lipinski definition) is 2. The van der Waals surface area contributed by atoms with Gasteiger partial charge in [-0.1, -0.05) is 0 Å². The van der Waals surface area contributed by atoms with Crippen LogP contribution < -0.4 is 11.1 Å². The van der Waals surface area contributed by atoms with Gasteiger partial charge in [-0.3, -0.25) is 0 Å². The highest BCUT2D eigenvalue weighted by atomic mass is 16.5. The van der Waals surface area contributed by atoms with Crippen molar-refractivity contribution >= 4 is 11.5 Å². The lowest BCUT2D eigenvalue weighted by Crippen LogP contribution is -2.23. The van der Waals surface area contributed by atoms with Crippen molar-refractivity contribution in [3.8, 4) is 5.82 Å². The summed E-state index contributed by atoms with van der Waals surface area (Å²) in [6.07, 6.45) is 1.48. The zero-order valence-corrected chi connectivity index (χ0v) is 12.2. The summed E-state index contributed by atoms with van der Waals surface area (Å²) in [5.74, 6) is 1.17. The molecular formula is C13H20N6O. The third-order valence-corrected chi connectivity index (χ3v) is 2.87. The fourth-order valence-corrected chi connectivity index (χ4v) is 2.04. The molecule has 1 atom stereocenters. The standard InChI is InChI=1S/C13H20N6O/c1-8-5-10(3)19(18-8)13-11(14)12(15-7-16-13)17-9(2)6-20-4/h5,7,9H,6,14H2,1-4H3,(H,15,16,17). The van der Waals surface area contributed by atoms with E-state index in [1.165, 1.54) is 6.33 Å². The normalized spacial score (nSPS) is 12.4. The molecular weight excluding hydrogens is 256 g/mol. The minimum absolute atomic E-state index is 0.102. The Labute approximate surface area is 118 Å². The van der Waals surface area contributed by atoms with Gasteiger partial charge in [0.1, 0.15) is 12.0 Å². The third kappa shape index (κ3) is 2.88. The second kappa shape index (κ2) is 5.87. The van der Waals surface area contributed by atoms with Crippen molar-refractivity contribution < 1.29 is 4.74 Å². The van der Waals surface area contributed by atoms with E-state index in [0.717, 1.165) is 11.4 Å². The largest absolute Gasteiger partial charge is 0.393 e. The van der Waals surface area contributed by atoms with Crippen LogP contribution in [0, 0.1) is 13.8 Å². The number of nitrogens with zero attached hydrogens (tertiary/aromatic N) is 4. The summed E-state index contributed by atoms with van der Waals surface area (Å²) in [6.45, 7) is 6.45. The maximum Gasteiger partial charge on any atom is 0.182 e. The molecule has 2 rings (SSSR count). The number of nitrogens with one attached hydrogen (secondary N) is 1. The van der Waals surface area contributed by atoms with Crippen LogP contribution in [0.25, 0.3) is 5.82 Å². The van der Waals surface area contributed by atoms with E-state index in [0.29, 0.717) is 23.9 Å². The van der Waals surface area contributed by atoms with Crippen molar-refractivity contribution in [2.24, 2.45) is 0 Å². The minimum atomic E-state index is 0.102. The van der Waals surface area contributed by atoms with Crippen LogP contribution in [0.5, 0.6) is 0 Å². The lowest BCUT2D eigenvalue weighted by molar-refractivity contribution is 0.190. The molecule has 2 aromatic rings. The molecule has 0 spiro atoms. The first-order valence-electron chi connectivity index (χ1n) is 6.42. The number of aryl methyl sites for hydroxylation is 2. The lowest BCUT2D eigenvalue weighted by Gasteiger charge is -2.16. The van der Waals surface area contributed by atoms with Gasteiger partial charge in [0.2, 0.25) is 0 Å². The molecule has 7 nitrogen and oxygen atoms in total. The van der Waals surface area contributed by atoms with Gasteiger partial charge in [0, 0.05) is 18.8 Å². The van der Waals surface area contributed by atoms with Gasteiger partial charge in [-0.15, -0.1) is 0 Å². The summed E-state index contributed by atoms with van der Waals surface area (Å²) in [6, 6.07) is 2.08. The molecule has 0 fully saturated rings. The Bertz CT molecular complexity index is 595. The monoisotopic (exact) mass is 276 g/mol. The number of anilines is 2. The average Bonchev–Trinajstić information content (AvgIpc) is 2.71. The summed E-state index contributed by atoms with van der Waals surface area (Å²) < 4.78 is 6.81. The number of ether oxygens (including phenoxy) is 1. The Kier molecular flexibility index (Phi) is 4.19. The number of methoxy groups -OCH3 is 1. The average molecular weight is 276 g/mol. The van der Waals surface area contributed by atoms with Gasteiger partial charge >= 0.3 is 0 Å². The minimum Gasteiger partial charge on any atom is -0.393 e. The number of aromatic nitrogens is 4. The Morgan fingerprint density at radius 1 is 1.40 bits per heavy atom. The Morgan fingerprint density at radius 2 is 2.15 bits per heavy atom. The van der Waals surface area contributed by atoms with Crippen LogP contribution in [0.15, 0.2) is 12.4 Å². The van der Waals surface area contributed by atoms with E-state index in [1.54, 1.807) is 11.8 Å². The van der Waals surface area contributed by atoms with Crippen molar-refractivity contribution in [1.29, 1.82) is 0 Å². The maximum absolute atomic E-state index is 6.15. The fraction of sp³-hybridized carbons (Fsp3) is 0.462. The van der Waals surface area contributed by atoms with Crippen LogP contribution in [-0.2, 0) is 4.74 Å². The number of nitrogens with two attached hydrogens (primary N) is 1. The summed E-state index contributed by atoms with van der Waals surface area (Å²) in [7, 11) is 1.66. The van der Waals surface area contributed by atoms with Crippen molar-refractivity contribution in [2.45, 2.75) is 26.8 Å². The predicted octanol–water partition coefficient (Wildman–Crippen LogP) is 1.31. The van der Waals surface area contributed by atoms with Gasteiger partial charge in [0.25, 0.3) is 0 Å². The van der Waals surface area contributed by atoms with Crippen molar-refractivity contribution in [3.05, 3.63) is 23.8 Å². The van der Waals surface area contributed by atoms with E-state index < -0.39 is 0 Å². The number of rotatable bonds is 5. The van der Waals surface area contributed by atoms with Crippen LogP contribution in [0.4, 0.5) is 11.5 Å². The summed E-state index contributed by atoms with van der Waals surface area (Å²) in [5.41, 5.74) is 8.52. The molecule has 0 amide bonds. The quantitative estimate of drug-likeness (QED) is 0.855. The van der Waals surface area contributed by atoms with Gasteiger partial charge in [-0.25, -0.2) is 14.6 Å². The van der Waals surface area contributed by atoms with Crippen LogP contribution in [0.2, 0.25) is 0 Å². The van der Waals surface area contributed by atoms with E-state index >= 15 is 0 Å². The molecule has 1 unspecified atom stereocenters. The molecule has 20 heavy (non-hydrogen) atoms. The molecule has 0 saturated carbocycles. The van der Waals surface area contributed by atoms with E-state index in [2.05, 4.69) is 20.4 Å². The van der Waals surface area contributed by atoms with E-state index in [9.17, 15) is 0 Å². The third-order valence-electron chi connectivity index (χ3n) is 2.87. The fourth-order valence-electron chi connectivity index (χ4n) is 2.04. The van der Waals surface area contributed by atoms with Crippen LogP contribution in [0.3, 0.4) is 0 Å². The first-order chi connectivity index (χ1) is 9.52. The van der Waals surface area contributed by atoms with Crippen molar-refractivity contribution in [2.75, 3.05) is 24.8 Å². The maximum atomic E-state index is 6.15. The van der Waals surface area contributed by atoms with E-state index in [-0.39, 0.29) is 6.04 Å². The molecule has 108 valence electrons. The molecule has 2 heterocycles. The van der Waals surface area contributed by atoms with Crippen molar-refractivity contribution in [3.63, 3.8) is 0 Å². The molecule has 0 aliphatic heterocycles. The molecule has 0 aromatic carbocycles. The summed E-state index contributed by atoms with van der Waals surface area (Å²) in [4.78, 5) is 8.41. The van der Waals surface area contributed by atoms with Crippen molar-refractivity contribution in [1.82, 2.24) is 19.7 Å². The molecule has 3 N–H and O–H groups in total. The number of hydrogen-bond acceptors (Lipinski definition) is 6. The molecule has 0 radical (unpaired) electrons. The smallest absolute Gasteiger partial charge is 0.182 e. The van der Waals surface area contributed by atoms with Crippen LogP contribution in [0.1, 0.15) is 18.3 Å². The highest BCUT2D eigenvalue weighted by Crippen LogP contribution is 2.23. The van der Waals surface area contributed by atoms with E-state index in [1.807, 2.05) is 26.8 Å². The molecule has 0 bridgehead atoms. The van der Waals surface area contributed by atoms with Gasteiger partial charge in [0.05, 0.1) is 12.3 Å². The molecule has 0 aliphatic carbocycles. The Hall–Kier alpha value is -2.15. The number of nitrogen functional groups attached to an aromatic ring is 1. The van der Waals surface area contributed by atoms with Crippen LogP contribution >= 0.6 is 0 Å². The topological polar surface area (TPSA) is 90.9 Å². The lowest BCUT2D eigenvalue weighted by atomic mass is 10.3. The van der Waals surface area contributed by atoms with Gasteiger partial charge in [-0.05, 0) is 26.8 Å². The van der Waals surface area contributed by atoms with Gasteiger partial charge in [-0.2, -0.15) is 5.10 Å². The Morgan fingerprint density at radius 3 is 2.75 bits per heavy atom. The second-order valence-corrected chi connectivity index (χ2v) is 4.80. The zero-order valence-electron chi connectivity index (χ0n) is 12.2. The summed E-state index contributed by atoms with van der Waals surface area (Å²) >= 11 is 0. The molecule has 2 aromatic heterocycles. The first kappa shape index (κ1) is 14.3. The van der Waals surface area contributed by atoms with Crippen LogP contribution in [-0.4, -0.2) is 39.5 Å². The predicted molar refractivity (Wildman–Crippen MR) is 78.0 cm³/mol. The molecule has 0 aliphatic rings. The molecule has 7 heteroatoms.